The summed E-state index contributed by atoms with van der Waals surface area (Å²) in [5, 5.41) is 7.02. The molecule has 0 saturated carbocycles. The Kier molecular flexibility index (Phi) is 6.48. The van der Waals surface area contributed by atoms with E-state index < -0.39 is 6.36 Å². The van der Waals surface area contributed by atoms with Gasteiger partial charge in [-0.25, -0.2) is 4.99 Å². The van der Waals surface area contributed by atoms with Crippen molar-refractivity contribution in [1.29, 1.82) is 0 Å². The van der Waals surface area contributed by atoms with Gasteiger partial charge in [0, 0.05) is 18.5 Å². The van der Waals surface area contributed by atoms with Crippen LogP contribution in [0.2, 0.25) is 0 Å². The molecule has 0 atom stereocenters. The van der Waals surface area contributed by atoms with Crippen LogP contribution in [0.4, 0.5) is 13.2 Å². The predicted molar refractivity (Wildman–Crippen MR) is 90.6 cm³/mol. The molecule has 0 aliphatic rings. The molecule has 0 fully saturated rings. The number of guanidine groups is 1. The molecule has 0 aliphatic heterocycles. The summed E-state index contributed by atoms with van der Waals surface area (Å²) in [6.07, 6.45) is -3.22. The molecule has 0 saturated heterocycles. The zero-order chi connectivity index (χ0) is 19.2. The molecule has 0 aliphatic carbocycles. The Balaban J connectivity index is 1.91. The zero-order valence-electron chi connectivity index (χ0n) is 14.6. The third-order valence-electron chi connectivity index (χ3n) is 3.64. The number of ether oxygens (including phenoxy) is 1. The number of aliphatic imine (C=N–C) groups is 1. The van der Waals surface area contributed by atoms with Crippen molar-refractivity contribution >= 4 is 5.96 Å². The van der Waals surface area contributed by atoms with Crippen LogP contribution in [-0.2, 0) is 25.9 Å². The van der Waals surface area contributed by atoms with E-state index in [1.807, 2.05) is 13.8 Å². The molecule has 9 heteroatoms. The molecular weight excluding hydrogens is 349 g/mol. The van der Waals surface area contributed by atoms with Crippen molar-refractivity contribution in [2.24, 2.45) is 10.7 Å². The fraction of sp³-hybridized carbons (Fsp3) is 0.412. The van der Waals surface area contributed by atoms with Crippen LogP contribution < -0.4 is 15.8 Å². The van der Waals surface area contributed by atoms with Gasteiger partial charge in [0.1, 0.15) is 11.5 Å². The monoisotopic (exact) mass is 370 g/mol. The van der Waals surface area contributed by atoms with Crippen LogP contribution in [0, 0.1) is 0 Å². The third kappa shape index (κ3) is 5.68. The van der Waals surface area contributed by atoms with E-state index in [2.05, 4.69) is 20.2 Å². The summed E-state index contributed by atoms with van der Waals surface area (Å²) < 4.78 is 45.5. The second-order valence-electron chi connectivity index (χ2n) is 5.48. The first-order valence-corrected chi connectivity index (χ1v) is 8.17. The van der Waals surface area contributed by atoms with Crippen molar-refractivity contribution in [3.63, 3.8) is 0 Å². The van der Waals surface area contributed by atoms with Gasteiger partial charge in [0.15, 0.2) is 5.96 Å². The maximum absolute atomic E-state index is 12.1. The van der Waals surface area contributed by atoms with Gasteiger partial charge in [0.2, 0.25) is 0 Å². The van der Waals surface area contributed by atoms with Crippen LogP contribution in [0.5, 0.6) is 5.75 Å². The maximum atomic E-state index is 12.1. The molecule has 0 spiro atoms. The second-order valence-corrected chi connectivity index (χ2v) is 5.48. The molecule has 0 unspecified atom stereocenters. The fourth-order valence-corrected chi connectivity index (χ4v) is 2.35. The lowest BCUT2D eigenvalue weighted by Gasteiger charge is -2.09. The minimum Gasteiger partial charge on any atom is -0.406 e. The molecule has 1 aromatic heterocycles. The van der Waals surface area contributed by atoms with Crippen molar-refractivity contribution in [3.05, 3.63) is 46.8 Å². The average Bonchev–Trinajstić information content (AvgIpc) is 3.00. The SMILES string of the molecule is CCc1noc(CC)c1CNC(N)=NCc1ccc(OC(F)(F)F)cc1. The molecule has 0 radical (unpaired) electrons. The summed E-state index contributed by atoms with van der Waals surface area (Å²) >= 11 is 0. The van der Waals surface area contributed by atoms with Gasteiger partial charge in [0.05, 0.1) is 12.2 Å². The van der Waals surface area contributed by atoms with Gasteiger partial charge >= 0.3 is 6.36 Å². The molecule has 2 aromatic rings. The summed E-state index contributed by atoms with van der Waals surface area (Å²) in [5.74, 6) is 0.760. The first-order chi connectivity index (χ1) is 12.3. The highest BCUT2D eigenvalue weighted by Crippen LogP contribution is 2.22. The van der Waals surface area contributed by atoms with E-state index in [1.165, 1.54) is 24.3 Å². The van der Waals surface area contributed by atoms with Crippen LogP contribution in [0.15, 0.2) is 33.8 Å². The molecule has 0 bridgehead atoms. The summed E-state index contributed by atoms with van der Waals surface area (Å²) in [6, 6.07) is 5.48. The standard InChI is InChI=1S/C17H21F3N4O2/c1-3-14-13(15(4-2)26-24-14)10-23-16(21)22-9-11-5-7-12(8-6-11)25-17(18,19)20/h5-8H,3-4,9-10H2,1-2H3,(H3,21,22,23). The van der Waals surface area contributed by atoms with Gasteiger partial charge in [-0.3, -0.25) is 0 Å². The Bertz CT molecular complexity index is 718. The van der Waals surface area contributed by atoms with Gasteiger partial charge < -0.3 is 20.3 Å². The minimum absolute atomic E-state index is 0.228. The molecule has 1 heterocycles. The van der Waals surface area contributed by atoms with E-state index in [0.29, 0.717) is 12.1 Å². The third-order valence-corrected chi connectivity index (χ3v) is 3.64. The van der Waals surface area contributed by atoms with E-state index in [9.17, 15) is 13.2 Å². The molecule has 3 N–H and O–H groups in total. The Morgan fingerprint density at radius 2 is 1.92 bits per heavy atom. The first-order valence-electron chi connectivity index (χ1n) is 8.17. The van der Waals surface area contributed by atoms with E-state index in [-0.39, 0.29) is 18.3 Å². The van der Waals surface area contributed by atoms with Crippen LogP contribution in [0.3, 0.4) is 0 Å². The Morgan fingerprint density at radius 1 is 1.23 bits per heavy atom. The molecule has 142 valence electrons. The summed E-state index contributed by atoms with van der Waals surface area (Å²) in [6.45, 7) is 4.65. The van der Waals surface area contributed by atoms with Crippen LogP contribution >= 0.6 is 0 Å². The van der Waals surface area contributed by atoms with Crippen molar-refractivity contribution in [2.75, 3.05) is 0 Å². The normalized spacial score (nSPS) is 12.3. The van der Waals surface area contributed by atoms with E-state index in [0.717, 1.165) is 29.9 Å². The van der Waals surface area contributed by atoms with Crippen molar-refractivity contribution < 1.29 is 22.4 Å². The van der Waals surface area contributed by atoms with Crippen LogP contribution in [-0.4, -0.2) is 17.5 Å². The highest BCUT2D eigenvalue weighted by atomic mass is 19.4. The number of aromatic nitrogens is 1. The van der Waals surface area contributed by atoms with Crippen molar-refractivity contribution in [1.82, 2.24) is 10.5 Å². The highest BCUT2D eigenvalue weighted by molar-refractivity contribution is 5.77. The summed E-state index contributed by atoms with van der Waals surface area (Å²) in [5.41, 5.74) is 8.41. The van der Waals surface area contributed by atoms with Crippen LogP contribution in [0.25, 0.3) is 0 Å². The number of benzene rings is 1. The first kappa shape index (κ1) is 19.6. The van der Waals surface area contributed by atoms with Gasteiger partial charge in [-0.15, -0.1) is 13.2 Å². The topological polar surface area (TPSA) is 85.7 Å². The number of alkyl halides is 3. The van der Waals surface area contributed by atoms with Gasteiger partial charge in [-0.1, -0.05) is 31.1 Å². The molecule has 1 aromatic carbocycles. The molecule has 0 amide bonds. The Morgan fingerprint density at radius 3 is 2.50 bits per heavy atom. The average molecular weight is 370 g/mol. The highest BCUT2D eigenvalue weighted by Gasteiger charge is 2.30. The number of halogens is 3. The lowest BCUT2D eigenvalue weighted by atomic mass is 10.1. The zero-order valence-corrected chi connectivity index (χ0v) is 14.6. The summed E-state index contributed by atoms with van der Waals surface area (Å²) in [7, 11) is 0. The lowest BCUT2D eigenvalue weighted by Crippen LogP contribution is -2.31. The number of nitrogens with zero attached hydrogens (tertiary/aromatic N) is 2. The Hall–Kier alpha value is -2.71. The number of aryl methyl sites for hydroxylation is 2. The van der Waals surface area contributed by atoms with E-state index in [4.69, 9.17) is 10.3 Å². The number of hydrogen-bond acceptors (Lipinski definition) is 4. The fourth-order valence-electron chi connectivity index (χ4n) is 2.35. The van der Waals surface area contributed by atoms with Crippen molar-refractivity contribution in [3.8, 4) is 5.75 Å². The summed E-state index contributed by atoms with van der Waals surface area (Å²) in [4.78, 5) is 4.18. The maximum Gasteiger partial charge on any atom is 0.573 e. The number of nitrogens with two attached hydrogens (primary N) is 1. The molecular formula is C17H21F3N4O2. The molecule has 2 rings (SSSR count). The number of nitrogens with one attached hydrogen (secondary N) is 1. The van der Waals surface area contributed by atoms with E-state index >= 15 is 0 Å². The largest absolute Gasteiger partial charge is 0.573 e. The Labute approximate surface area is 149 Å². The van der Waals surface area contributed by atoms with E-state index in [1.54, 1.807) is 0 Å². The van der Waals surface area contributed by atoms with Crippen molar-refractivity contribution in [2.45, 2.75) is 46.1 Å². The predicted octanol–water partition coefficient (Wildman–Crippen LogP) is 3.30. The number of hydrogen-bond donors (Lipinski definition) is 2. The second kappa shape index (κ2) is 8.59. The number of rotatable bonds is 7. The van der Waals surface area contributed by atoms with Gasteiger partial charge in [-0.05, 0) is 24.1 Å². The smallest absolute Gasteiger partial charge is 0.406 e. The lowest BCUT2D eigenvalue weighted by molar-refractivity contribution is -0.274. The molecule has 6 nitrogen and oxygen atoms in total. The van der Waals surface area contributed by atoms with Gasteiger partial charge in [0.25, 0.3) is 0 Å². The van der Waals surface area contributed by atoms with Crippen LogP contribution in [0.1, 0.15) is 36.4 Å². The minimum atomic E-state index is -4.70. The molecule has 26 heavy (non-hydrogen) atoms. The van der Waals surface area contributed by atoms with Gasteiger partial charge in [-0.2, -0.15) is 0 Å². The quantitative estimate of drug-likeness (QED) is 0.577.